The summed E-state index contributed by atoms with van der Waals surface area (Å²) >= 11 is 6.17. The van der Waals surface area contributed by atoms with E-state index in [0.29, 0.717) is 18.1 Å². The summed E-state index contributed by atoms with van der Waals surface area (Å²) < 4.78 is 7.91. The predicted octanol–water partition coefficient (Wildman–Crippen LogP) is 4.72. The maximum absolute atomic E-state index is 11.9. The summed E-state index contributed by atoms with van der Waals surface area (Å²) in [6.45, 7) is 1.12. The molecule has 160 valence electrons. The van der Waals surface area contributed by atoms with Crippen LogP contribution < -0.4 is 10.3 Å². The molecule has 1 N–H and O–H groups in total. The van der Waals surface area contributed by atoms with Crippen LogP contribution in [0.1, 0.15) is 11.3 Å². The van der Waals surface area contributed by atoms with Crippen LogP contribution in [0.25, 0.3) is 10.9 Å². The second-order valence-corrected chi connectivity index (χ2v) is 8.02. The lowest BCUT2D eigenvalue weighted by atomic mass is 10.2. The van der Waals surface area contributed by atoms with Crippen molar-refractivity contribution in [3.8, 4) is 5.75 Å². The Hall–Kier alpha value is -3.77. The molecule has 0 fully saturated rings. The molecule has 7 heteroatoms. The molecule has 0 radical (unpaired) electrons. The van der Waals surface area contributed by atoms with Crippen LogP contribution in [0.3, 0.4) is 0 Å². The maximum Gasteiger partial charge on any atom is 0.250 e. The van der Waals surface area contributed by atoms with E-state index >= 15 is 0 Å². The largest absolute Gasteiger partial charge is 0.467 e. The van der Waals surface area contributed by atoms with Gasteiger partial charge in [-0.1, -0.05) is 35.9 Å². The van der Waals surface area contributed by atoms with E-state index in [-0.39, 0.29) is 11.8 Å². The van der Waals surface area contributed by atoms with E-state index in [4.69, 9.17) is 16.3 Å². The Balaban J connectivity index is 1.30. The van der Waals surface area contributed by atoms with Gasteiger partial charge in [-0.05, 0) is 54.1 Å². The zero-order chi connectivity index (χ0) is 21.9. The SMILES string of the molecule is O=c1ccccn1Cc1ccc(OC2C=CC=CN2Cc2[nH]nc3ccc(Cl)cc23)cc1. The quantitative estimate of drug-likeness (QED) is 0.467. The first-order valence-corrected chi connectivity index (χ1v) is 10.7. The summed E-state index contributed by atoms with van der Waals surface area (Å²) in [6, 6.07) is 18.6. The highest BCUT2D eigenvalue weighted by Crippen LogP contribution is 2.24. The topological polar surface area (TPSA) is 63.1 Å². The number of fused-ring (bicyclic) bond motifs is 1. The van der Waals surface area contributed by atoms with Gasteiger partial charge in [-0.2, -0.15) is 5.10 Å². The van der Waals surface area contributed by atoms with E-state index in [9.17, 15) is 4.79 Å². The molecule has 0 amide bonds. The van der Waals surface area contributed by atoms with Gasteiger partial charge in [0, 0.05) is 28.9 Å². The molecule has 2 aromatic heterocycles. The number of aromatic amines is 1. The van der Waals surface area contributed by atoms with E-state index in [1.165, 1.54) is 0 Å². The van der Waals surface area contributed by atoms with Gasteiger partial charge in [-0.25, -0.2) is 0 Å². The lowest BCUT2D eigenvalue weighted by Crippen LogP contribution is -2.35. The molecule has 1 aliphatic heterocycles. The minimum atomic E-state index is -0.264. The van der Waals surface area contributed by atoms with Gasteiger partial charge in [0.25, 0.3) is 5.56 Å². The van der Waals surface area contributed by atoms with Gasteiger partial charge >= 0.3 is 0 Å². The van der Waals surface area contributed by atoms with E-state index in [1.54, 1.807) is 22.9 Å². The van der Waals surface area contributed by atoms with Crippen LogP contribution in [0.15, 0.2) is 96.1 Å². The van der Waals surface area contributed by atoms with Gasteiger partial charge in [0.2, 0.25) is 0 Å². The van der Waals surface area contributed by atoms with Crippen molar-refractivity contribution in [2.75, 3.05) is 0 Å². The summed E-state index contributed by atoms with van der Waals surface area (Å²) in [6.07, 6.45) is 9.47. The molecule has 2 aromatic carbocycles. The van der Waals surface area contributed by atoms with Gasteiger partial charge in [-0.3, -0.25) is 9.89 Å². The van der Waals surface area contributed by atoms with E-state index in [0.717, 1.165) is 27.9 Å². The fourth-order valence-electron chi connectivity index (χ4n) is 3.70. The van der Waals surface area contributed by atoms with Crippen LogP contribution >= 0.6 is 11.6 Å². The van der Waals surface area contributed by atoms with Crippen LogP contribution in [-0.4, -0.2) is 25.9 Å². The molecule has 0 spiro atoms. The molecule has 3 heterocycles. The summed E-state index contributed by atoms with van der Waals surface area (Å²) in [7, 11) is 0. The number of nitrogens with zero attached hydrogens (tertiary/aromatic N) is 3. The standard InChI is InChI=1S/C25H21ClN4O2/c26-19-9-12-22-21(15-19)23(28-27-22)17-30-14-4-2-6-25(30)32-20-10-7-18(8-11-20)16-29-13-3-1-5-24(29)31/h1-15,25H,16-17H2,(H,27,28). The number of ether oxygens (including phenoxy) is 1. The van der Waals surface area contributed by atoms with Crippen LogP contribution in [0.5, 0.6) is 5.75 Å². The van der Waals surface area contributed by atoms with Crippen molar-refractivity contribution in [3.63, 3.8) is 0 Å². The van der Waals surface area contributed by atoms with Crippen molar-refractivity contribution in [3.05, 3.63) is 118 Å². The molecule has 6 nitrogen and oxygen atoms in total. The van der Waals surface area contributed by atoms with Crippen molar-refractivity contribution >= 4 is 22.5 Å². The van der Waals surface area contributed by atoms with Crippen molar-refractivity contribution in [2.45, 2.75) is 19.3 Å². The summed E-state index contributed by atoms with van der Waals surface area (Å²) in [5, 5.41) is 9.16. The highest BCUT2D eigenvalue weighted by molar-refractivity contribution is 6.31. The Bertz CT molecular complexity index is 1350. The zero-order valence-electron chi connectivity index (χ0n) is 17.2. The number of hydrogen-bond acceptors (Lipinski definition) is 4. The number of H-pyrrole nitrogens is 1. The molecule has 0 saturated carbocycles. The number of rotatable bonds is 6. The maximum atomic E-state index is 11.9. The first-order valence-electron chi connectivity index (χ1n) is 10.3. The van der Waals surface area contributed by atoms with Crippen molar-refractivity contribution in [1.82, 2.24) is 19.7 Å². The first kappa shape index (κ1) is 20.2. The zero-order valence-corrected chi connectivity index (χ0v) is 17.9. The van der Waals surface area contributed by atoms with E-state index < -0.39 is 0 Å². The molecule has 0 saturated heterocycles. The molecule has 5 rings (SSSR count). The minimum absolute atomic E-state index is 0.0183. The Labute approximate surface area is 190 Å². The second-order valence-electron chi connectivity index (χ2n) is 7.58. The van der Waals surface area contributed by atoms with Crippen LogP contribution in [0.2, 0.25) is 5.02 Å². The summed E-state index contributed by atoms with van der Waals surface area (Å²) in [5.74, 6) is 0.752. The monoisotopic (exact) mass is 444 g/mol. The normalized spacial score (nSPS) is 15.4. The first-order chi connectivity index (χ1) is 15.7. The molecule has 1 atom stereocenters. The van der Waals surface area contributed by atoms with Gasteiger partial charge in [0.05, 0.1) is 24.3 Å². The lowest BCUT2D eigenvalue weighted by Gasteiger charge is -2.30. The number of halogens is 1. The number of nitrogens with one attached hydrogen (secondary N) is 1. The van der Waals surface area contributed by atoms with Gasteiger partial charge in [0.15, 0.2) is 6.23 Å². The predicted molar refractivity (Wildman–Crippen MR) is 126 cm³/mol. The van der Waals surface area contributed by atoms with E-state index in [2.05, 4.69) is 15.1 Å². The Morgan fingerprint density at radius 1 is 1.03 bits per heavy atom. The summed E-state index contributed by atoms with van der Waals surface area (Å²) in [4.78, 5) is 14.0. The van der Waals surface area contributed by atoms with Crippen LogP contribution in [-0.2, 0) is 13.1 Å². The van der Waals surface area contributed by atoms with Crippen LogP contribution in [0, 0.1) is 0 Å². The second kappa shape index (κ2) is 8.77. The van der Waals surface area contributed by atoms with Crippen LogP contribution in [0.4, 0.5) is 0 Å². The highest BCUT2D eigenvalue weighted by atomic mass is 35.5. The number of aromatic nitrogens is 3. The van der Waals surface area contributed by atoms with Gasteiger partial charge in [-0.15, -0.1) is 0 Å². The van der Waals surface area contributed by atoms with Gasteiger partial charge in [0.1, 0.15) is 5.75 Å². The summed E-state index contributed by atoms with van der Waals surface area (Å²) in [5.41, 5.74) is 2.86. The molecule has 1 unspecified atom stereocenters. The average Bonchev–Trinajstić information content (AvgIpc) is 3.20. The molecule has 4 aromatic rings. The third kappa shape index (κ3) is 4.31. The molecular formula is C25H21ClN4O2. The molecule has 32 heavy (non-hydrogen) atoms. The third-order valence-electron chi connectivity index (χ3n) is 5.36. The van der Waals surface area contributed by atoms with Crippen molar-refractivity contribution in [1.29, 1.82) is 0 Å². The minimum Gasteiger partial charge on any atom is -0.467 e. The highest BCUT2D eigenvalue weighted by Gasteiger charge is 2.19. The fraction of sp³-hybridized carbons (Fsp3) is 0.120. The lowest BCUT2D eigenvalue weighted by molar-refractivity contribution is 0.0942. The molecular weight excluding hydrogens is 424 g/mol. The number of pyridine rings is 1. The third-order valence-corrected chi connectivity index (χ3v) is 5.59. The fourth-order valence-corrected chi connectivity index (χ4v) is 3.88. The van der Waals surface area contributed by atoms with Crippen molar-refractivity contribution in [2.24, 2.45) is 0 Å². The smallest absolute Gasteiger partial charge is 0.250 e. The Morgan fingerprint density at radius 2 is 1.91 bits per heavy atom. The Morgan fingerprint density at radius 3 is 2.75 bits per heavy atom. The number of benzene rings is 2. The Kier molecular flexibility index (Phi) is 5.52. The average molecular weight is 445 g/mol. The number of hydrogen-bond donors (Lipinski definition) is 1. The number of allylic oxidation sites excluding steroid dienone is 2. The molecule has 0 aliphatic carbocycles. The van der Waals surface area contributed by atoms with Gasteiger partial charge < -0.3 is 14.2 Å². The van der Waals surface area contributed by atoms with E-state index in [1.807, 2.05) is 73.0 Å². The molecule has 0 bridgehead atoms. The molecule has 1 aliphatic rings. The van der Waals surface area contributed by atoms with Crippen molar-refractivity contribution < 1.29 is 4.74 Å².